The van der Waals surface area contributed by atoms with Gasteiger partial charge in [0, 0.05) is 24.9 Å². The monoisotopic (exact) mass is 504 g/mol. The van der Waals surface area contributed by atoms with Gasteiger partial charge in [-0.05, 0) is 74.7 Å². The molecule has 2 aromatic carbocycles. The van der Waals surface area contributed by atoms with E-state index in [0.717, 1.165) is 24.1 Å². The van der Waals surface area contributed by atoms with E-state index < -0.39 is 11.0 Å². The number of carbonyl (C=O) groups is 2. The number of fused-ring (bicyclic) bond motifs is 1. The van der Waals surface area contributed by atoms with Gasteiger partial charge in [0.1, 0.15) is 5.75 Å². The molecule has 8 heteroatoms. The number of β-amino-alcohol motifs (C(OH)–C–C–N with tert-alkyl or cyclic N) is 1. The zero-order valence-corrected chi connectivity index (χ0v) is 21.0. The second-order valence-corrected chi connectivity index (χ2v) is 10.5. The lowest BCUT2D eigenvalue weighted by Gasteiger charge is -2.57. The maximum Gasteiger partial charge on any atom is 0.308 e. The van der Waals surface area contributed by atoms with Crippen LogP contribution in [0.25, 0.3) is 0 Å². The van der Waals surface area contributed by atoms with Crippen LogP contribution in [0.4, 0.5) is 0 Å². The normalized spacial score (nSPS) is 27.0. The molecular weight excluding hydrogens is 475 g/mol. The third-order valence-corrected chi connectivity index (χ3v) is 7.94. The fourth-order valence-electron chi connectivity index (χ4n) is 5.63. The number of piperidine rings is 1. The first kappa shape index (κ1) is 25.0. The summed E-state index contributed by atoms with van der Waals surface area (Å²) in [5.74, 6) is -0.0126. The number of amides is 1. The second-order valence-electron chi connectivity index (χ2n) is 9.66. The molecule has 182 valence electrons. The predicted molar refractivity (Wildman–Crippen MR) is 132 cm³/mol. The van der Waals surface area contributed by atoms with Crippen LogP contribution >= 0.6 is 23.2 Å². The van der Waals surface area contributed by atoms with Crippen LogP contribution in [0.15, 0.2) is 42.5 Å². The van der Waals surface area contributed by atoms with Crippen LogP contribution in [-0.4, -0.2) is 53.7 Å². The Morgan fingerprint density at radius 3 is 2.71 bits per heavy atom. The van der Waals surface area contributed by atoms with Crippen LogP contribution in [0.2, 0.25) is 10.0 Å². The van der Waals surface area contributed by atoms with E-state index in [0.29, 0.717) is 41.6 Å². The summed E-state index contributed by atoms with van der Waals surface area (Å²) in [5.41, 5.74) is 0.225. The van der Waals surface area contributed by atoms with E-state index in [1.807, 2.05) is 25.2 Å². The molecule has 2 aliphatic rings. The molecule has 4 rings (SSSR count). The molecule has 1 aliphatic heterocycles. The highest BCUT2D eigenvalue weighted by atomic mass is 35.5. The first-order valence-corrected chi connectivity index (χ1v) is 12.3. The third kappa shape index (κ3) is 5.10. The summed E-state index contributed by atoms with van der Waals surface area (Å²) in [6.45, 7) is 2.75. The van der Waals surface area contributed by atoms with Crippen molar-refractivity contribution in [2.75, 3.05) is 20.1 Å². The van der Waals surface area contributed by atoms with Crippen molar-refractivity contribution in [2.45, 2.75) is 56.1 Å². The smallest absolute Gasteiger partial charge is 0.308 e. The molecule has 0 bridgehead atoms. The molecule has 1 saturated heterocycles. The summed E-state index contributed by atoms with van der Waals surface area (Å²) in [7, 11) is 2.02. The summed E-state index contributed by atoms with van der Waals surface area (Å²) in [6.07, 6.45) is 2.79. The Morgan fingerprint density at radius 1 is 1.18 bits per heavy atom. The predicted octanol–water partition coefficient (Wildman–Crippen LogP) is 4.13. The number of likely N-dealkylation sites (N-methyl/N-ethyl adjacent to an activating group) is 1. The highest BCUT2D eigenvalue weighted by molar-refractivity contribution is 6.42. The van der Waals surface area contributed by atoms with E-state index in [2.05, 4.69) is 10.2 Å². The van der Waals surface area contributed by atoms with Crippen LogP contribution in [-0.2, 0) is 21.4 Å². The summed E-state index contributed by atoms with van der Waals surface area (Å²) in [6, 6.07) is 12.6. The van der Waals surface area contributed by atoms with Crippen molar-refractivity contribution < 1.29 is 19.4 Å². The molecule has 3 unspecified atom stereocenters. The number of likely N-dealkylation sites (tertiary alicyclic amines) is 1. The van der Waals surface area contributed by atoms with Gasteiger partial charge in [-0.1, -0.05) is 41.4 Å². The molecule has 2 aromatic rings. The molecular formula is C26H30Cl2N2O4. The van der Waals surface area contributed by atoms with E-state index in [9.17, 15) is 14.7 Å². The number of benzene rings is 2. The van der Waals surface area contributed by atoms with Gasteiger partial charge >= 0.3 is 5.97 Å². The number of ether oxygens (including phenoxy) is 1. The second kappa shape index (κ2) is 9.86. The van der Waals surface area contributed by atoms with Crippen LogP contribution < -0.4 is 10.1 Å². The van der Waals surface area contributed by atoms with Crippen molar-refractivity contribution in [1.29, 1.82) is 0 Å². The van der Waals surface area contributed by atoms with Crippen LogP contribution in [0, 0.1) is 0 Å². The first-order valence-electron chi connectivity index (χ1n) is 11.5. The Balaban J connectivity index is 1.57. The first-order chi connectivity index (χ1) is 16.1. The van der Waals surface area contributed by atoms with Crippen LogP contribution in [0.5, 0.6) is 5.75 Å². The zero-order valence-electron chi connectivity index (χ0n) is 19.4. The van der Waals surface area contributed by atoms with Crippen molar-refractivity contribution in [2.24, 2.45) is 0 Å². The number of nitrogens with zero attached hydrogens (tertiary/aromatic N) is 1. The third-order valence-electron chi connectivity index (χ3n) is 7.21. The quantitative estimate of drug-likeness (QED) is 0.472. The summed E-state index contributed by atoms with van der Waals surface area (Å²) < 4.78 is 5.33. The van der Waals surface area contributed by atoms with E-state index in [-0.39, 0.29) is 24.3 Å². The molecule has 6 nitrogen and oxygen atoms in total. The van der Waals surface area contributed by atoms with E-state index in [1.165, 1.54) is 6.92 Å². The van der Waals surface area contributed by atoms with Crippen molar-refractivity contribution >= 4 is 35.1 Å². The van der Waals surface area contributed by atoms with Gasteiger partial charge in [-0.2, -0.15) is 0 Å². The number of nitrogens with one attached hydrogen (secondary N) is 1. The minimum Gasteiger partial charge on any atom is -0.427 e. The molecule has 0 radical (unpaired) electrons. The Labute approximate surface area is 210 Å². The lowest BCUT2D eigenvalue weighted by atomic mass is 9.55. The maximum absolute atomic E-state index is 12.9. The number of hydrogen-bond donors (Lipinski definition) is 2. The molecule has 1 amide bonds. The fourth-order valence-corrected chi connectivity index (χ4v) is 5.95. The molecule has 3 atom stereocenters. The van der Waals surface area contributed by atoms with Gasteiger partial charge in [-0.25, -0.2) is 0 Å². The van der Waals surface area contributed by atoms with E-state index in [4.69, 9.17) is 27.9 Å². The number of halogens is 2. The lowest BCUT2D eigenvalue weighted by molar-refractivity contribution is -0.132. The van der Waals surface area contributed by atoms with Gasteiger partial charge in [-0.15, -0.1) is 0 Å². The summed E-state index contributed by atoms with van der Waals surface area (Å²) in [4.78, 5) is 26.5. The molecule has 1 heterocycles. The standard InChI is InChI=1S/C26H30Cl2N2O4/c1-17(31)34-21-5-3-4-19(14-21)25-10-11-30(2)16-26(25,33)9-8-20(15-25)29-24(32)13-18-6-7-22(27)23(28)12-18/h3-7,12,14,20,33H,8-11,13,15-16H2,1-2H3,(H,29,32). The van der Waals surface area contributed by atoms with Crippen LogP contribution in [0.3, 0.4) is 0 Å². The average Bonchev–Trinajstić information content (AvgIpc) is 2.76. The number of hydrogen-bond acceptors (Lipinski definition) is 5. The maximum atomic E-state index is 12.9. The molecule has 2 fully saturated rings. The lowest BCUT2D eigenvalue weighted by Crippen LogP contribution is -2.66. The van der Waals surface area contributed by atoms with Crippen LogP contribution in [0.1, 0.15) is 43.7 Å². The van der Waals surface area contributed by atoms with Crippen molar-refractivity contribution in [3.8, 4) is 5.75 Å². The zero-order chi connectivity index (χ0) is 24.5. The minimum absolute atomic E-state index is 0.0867. The number of rotatable bonds is 5. The van der Waals surface area contributed by atoms with Gasteiger partial charge in [0.15, 0.2) is 0 Å². The number of aliphatic hydroxyl groups is 1. The Bertz CT molecular complexity index is 1090. The molecule has 2 N–H and O–H groups in total. The Hall–Kier alpha value is -2.12. The Morgan fingerprint density at radius 2 is 1.97 bits per heavy atom. The van der Waals surface area contributed by atoms with E-state index in [1.54, 1.807) is 24.3 Å². The Kier molecular flexibility index (Phi) is 7.25. The topological polar surface area (TPSA) is 78.9 Å². The highest BCUT2D eigenvalue weighted by Gasteiger charge is 2.57. The average molecular weight is 505 g/mol. The van der Waals surface area contributed by atoms with Gasteiger partial charge in [0.05, 0.1) is 22.1 Å². The minimum atomic E-state index is -0.945. The van der Waals surface area contributed by atoms with Crippen molar-refractivity contribution in [1.82, 2.24) is 10.2 Å². The number of carbonyl (C=O) groups excluding carboxylic acids is 2. The van der Waals surface area contributed by atoms with Gasteiger partial charge in [-0.3, -0.25) is 9.59 Å². The fraction of sp³-hybridized carbons (Fsp3) is 0.462. The van der Waals surface area contributed by atoms with Crippen molar-refractivity contribution in [3.63, 3.8) is 0 Å². The molecule has 1 aliphatic carbocycles. The SMILES string of the molecule is CC(=O)Oc1cccc(C23CCN(C)CC2(O)CCC(NC(=O)Cc2ccc(Cl)c(Cl)c2)C3)c1. The molecule has 0 aromatic heterocycles. The molecule has 34 heavy (non-hydrogen) atoms. The number of esters is 1. The van der Waals surface area contributed by atoms with Gasteiger partial charge in [0.25, 0.3) is 0 Å². The molecule has 0 spiro atoms. The molecule has 1 saturated carbocycles. The summed E-state index contributed by atoms with van der Waals surface area (Å²) >= 11 is 12.1. The van der Waals surface area contributed by atoms with Gasteiger partial charge in [0.2, 0.25) is 5.91 Å². The van der Waals surface area contributed by atoms with E-state index >= 15 is 0 Å². The largest absolute Gasteiger partial charge is 0.427 e. The summed E-state index contributed by atoms with van der Waals surface area (Å²) in [5, 5.41) is 16.0. The highest BCUT2D eigenvalue weighted by Crippen LogP contribution is 2.52. The van der Waals surface area contributed by atoms with Crippen molar-refractivity contribution in [3.05, 3.63) is 63.6 Å². The van der Waals surface area contributed by atoms with Gasteiger partial charge < -0.3 is 20.1 Å².